The van der Waals surface area contributed by atoms with E-state index < -0.39 is 23.5 Å². The van der Waals surface area contributed by atoms with E-state index in [0.717, 1.165) is 167 Å². The molecule has 0 aromatic rings. The minimum Gasteiger partial charge on any atom is -0.327 e. The molecule has 0 aliphatic heterocycles. The van der Waals surface area contributed by atoms with Gasteiger partial charge < -0.3 is 23.7 Å². The van der Waals surface area contributed by atoms with Crippen LogP contribution in [0.15, 0.2) is 48.6 Å². The predicted octanol–water partition coefficient (Wildman–Crippen LogP) is 28.1. The molecule has 0 spiro atoms. The molecule has 0 atom stereocenters. The summed E-state index contributed by atoms with van der Waals surface area (Å²) in [6.45, 7) is 25.1. The first-order valence-corrected chi connectivity index (χ1v) is 40.1. The molecule has 0 bridgehead atoms. The van der Waals surface area contributed by atoms with Crippen molar-refractivity contribution in [2.75, 3.05) is 26.4 Å². The van der Waals surface area contributed by atoms with Gasteiger partial charge in [0, 0.05) is 12.8 Å². The topological polar surface area (TPSA) is 64.6 Å². The first kappa shape index (κ1) is 87.7. The number of allylic oxidation sites excluding steroid dienone is 4. The molecule has 0 aliphatic carbocycles. The molecule has 0 aromatic heterocycles. The van der Waals surface area contributed by atoms with Gasteiger partial charge in [-0.3, -0.25) is 9.47 Å². The van der Waals surface area contributed by atoms with Crippen LogP contribution in [0, 0.1) is 0 Å². The lowest BCUT2D eigenvalue weighted by Gasteiger charge is -2.46. The van der Waals surface area contributed by atoms with Gasteiger partial charge in [0.15, 0.2) is 0 Å². The standard InChI is InChI=1S/C82H158O7/c1-11-21-31-35-39-43-47-51-55-61-69-79(70-62-56-52-48-44-40-36-32-22-12-2,88-81(73-59-25-15-5,83-75-65-27-17-7)84-76-66-28-18-8)87-80(71-63-57-53-49-45-41-37-33-23-13-3,72-64-58-54-50-46-42-38-34-24-14-4)89-82(74-60-26-16-6,85-77-67-29-19-9)86-78-68-30-20-10/h61-64,69-72H,11-60,65-68,73-78H2,1-10H3. The van der Waals surface area contributed by atoms with E-state index in [1.54, 1.807) is 0 Å². The zero-order valence-electron chi connectivity index (χ0n) is 61.9. The molecule has 0 amide bonds. The van der Waals surface area contributed by atoms with Crippen molar-refractivity contribution in [2.45, 2.75) is 452 Å². The third kappa shape index (κ3) is 52.6. The summed E-state index contributed by atoms with van der Waals surface area (Å²) in [5.74, 6) is -5.71. The summed E-state index contributed by atoms with van der Waals surface area (Å²) in [4.78, 5) is 0. The molecule has 7 heteroatoms. The summed E-state index contributed by atoms with van der Waals surface area (Å²) < 4.78 is 53.4. The molecule has 0 aliphatic rings. The van der Waals surface area contributed by atoms with Gasteiger partial charge in [-0.15, -0.1) is 0 Å². The van der Waals surface area contributed by atoms with Crippen LogP contribution in [0.1, 0.15) is 429 Å². The first-order chi connectivity index (χ1) is 43.7. The fraction of sp³-hybridized carbons (Fsp3) is 0.902. The van der Waals surface area contributed by atoms with E-state index >= 15 is 0 Å². The minimum atomic E-state index is -1.48. The van der Waals surface area contributed by atoms with Gasteiger partial charge in [0.2, 0.25) is 11.6 Å². The van der Waals surface area contributed by atoms with Crippen molar-refractivity contribution in [2.24, 2.45) is 0 Å². The molecule has 0 N–H and O–H groups in total. The van der Waals surface area contributed by atoms with Crippen molar-refractivity contribution in [3.05, 3.63) is 48.6 Å². The second-order valence-electron chi connectivity index (χ2n) is 26.9. The number of unbranched alkanes of at least 4 members (excludes halogenated alkanes) is 44. The number of ether oxygens (including phenoxy) is 7. The Morgan fingerprint density at radius 2 is 0.371 bits per heavy atom. The second-order valence-corrected chi connectivity index (χ2v) is 26.9. The van der Waals surface area contributed by atoms with Crippen molar-refractivity contribution in [1.29, 1.82) is 0 Å². The third-order valence-electron chi connectivity index (χ3n) is 17.7. The second kappa shape index (κ2) is 66.7. The van der Waals surface area contributed by atoms with Crippen molar-refractivity contribution >= 4 is 0 Å². The maximum absolute atomic E-state index is 8.28. The smallest absolute Gasteiger partial charge is 0.285 e. The summed E-state index contributed by atoms with van der Waals surface area (Å²) in [5, 5.41) is 0. The van der Waals surface area contributed by atoms with Gasteiger partial charge >= 0.3 is 0 Å². The van der Waals surface area contributed by atoms with Gasteiger partial charge in [-0.25, -0.2) is 0 Å². The number of hydrogen-bond donors (Lipinski definition) is 0. The average molecular weight is 1260 g/mol. The predicted molar refractivity (Wildman–Crippen MR) is 390 cm³/mol. The summed E-state index contributed by atoms with van der Waals surface area (Å²) in [5.41, 5.74) is 0. The Balaban J connectivity index is 8.97. The quantitative estimate of drug-likeness (QED) is 0.0341. The Labute approximate surface area is 557 Å². The average Bonchev–Trinajstić information content (AvgIpc) is 0.959. The van der Waals surface area contributed by atoms with E-state index in [2.05, 4.69) is 118 Å². The zero-order chi connectivity index (χ0) is 65.0. The minimum absolute atomic E-state index is 0.546. The van der Waals surface area contributed by atoms with Gasteiger partial charge in [-0.1, -0.05) is 350 Å². The fourth-order valence-electron chi connectivity index (χ4n) is 11.8. The van der Waals surface area contributed by atoms with Gasteiger partial charge in [0.1, 0.15) is 0 Å². The highest BCUT2D eigenvalue weighted by atomic mass is 16.9. The maximum Gasteiger partial charge on any atom is 0.285 e. The van der Waals surface area contributed by atoms with Crippen LogP contribution in [0.25, 0.3) is 0 Å². The van der Waals surface area contributed by atoms with Gasteiger partial charge in [-0.2, -0.15) is 0 Å². The Kier molecular flexibility index (Phi) is 65.7. The van der Waals surface area contributed by atoms with Crippen LogP contribution >= 0.6 is 0 Å². The highest BCUT2D eigenvalue weighted by Gasteiger charge is 2.50. The van der Waals surface area contributed by atoms with Crippen LogP contribution in [0.2, 0.25) is 0 Å². The molecule has 0 rings (SSSR count). The molecule has 0 heterocycles. The summed E-state index contributed by atoms with van der Waals surface area (Å²) in [6.07, 6.45) is 82.8. The SMILES string of the molecule is CCCCCCCCCCC=CC(C=CCCCCCCCCCC)(OC(C=CCCCCCCCCCC)(C=CCCCCCCCCCC)OC(CCCCC)(OCCCCC)OCCCCC)OC(CCCCC)(OCCCCC)OCCCCC. The summed E-state index contributed by atoms with van der Waals surface area (Å²) in [7, 11) is 0. The van der Waals surface area contributed by atoms with Gasteiger partial charge in [0.25, 0.3) is 11.9 Å². The van der Waals surface area contributed by atoms with E-state index in [0.29, 0.717) is 39.3 Å². The first-order valence-electron chi connectivity index (χ1n) is 40.1. The molecule has 7 nitrogen and oxygen atoms in total. The van der Waals surface area contributed by atoms with Crippen molar-refractivity contribution in [3.63, 3.8) is 0 Å². The van der Waals surface area contributed by atoms with Crippen molar-refractivity contribution < 1.29 is 33.2 Å². The molecule has 0 saturated heterocycles. The van der Waals surface area contributed by atoms with Crippen LogP contribution in [0.3, 0.4) is 0 Å². The lowest BCUT2D eigenvalue weighted by molar-refractivity contribution is -0.475. The lowest BCUT2D eigenvalue weighted by Crippen LogP contribution is -2.55. The van der Waals surface area contributed by atoms with Crippen LogP contribution in [-0.2, 0) is 33.2 Å². The van der Waals surface area contributed by atoms with E-state index in [1.807, 2.05) is 0 Å². The number of rotatable bonds is 74. The van der Waals surface area contributed by atoms with Crippen molar-refractivity contribution in [3.8, 4) is 0 Å². The molecule has 0 aromatic carbocycles. The van der Waals surface area contributed by atoms with E-state index in [4.69, 9.17) is 33.2 Å². The Morgan fingerprint density at radius 3 is 0.584 bits per heavy atom. The molecular formula is C82H158O7. The zero-order valence-corrected chi connectivity index (χ0v) is 61.9. The summed E-state index contributed by atoms with van der Waals surface area (Å²) >= 11 is 0. The van der Waals surface area contributed by atoms with E-state index in [9.17, 15) is 0 Å². The van der Waals surface area contributed by atoms with Gasteiger partial charge in [-0.05, 0) is 114 Å². The molecule has 0 radical (unpaired) electrons. The van der Waals surface area contributed by atoms with Gasteiger partial charge in [0.05, 0.1) is 26.4 Å². The molecule has 528 valence electrons. The lowest BCUT2D eigenvalue weighted by atomic mass is 10.0. The molecule has 0 fully saturated rings. The van der Waals surface area contributed by atoms with E-state index in [-0.39, 0.29) is 0 Å². The monoisotopic (exact) mass is 1260 g/mol. The largest absolute Gasteiger partial charge is 0.327 e. The Bertz CT molecular complexity index is 1330. The normalized spacial score (nSPS) is 14.0. The number of hydrogen-bond acceptors (Lipinski definition) is 7. The highest BCUT2D eigenvalue weighted by molar-refractivity contribution is 5.17. The maximum atomic E-state index is 8.28. The van der Waals surface area contributed by atoms with E-state index in [1.165, 1.54) is 180 Å². The molecule has 0 saturated carbocycles. The summed E-state index contributed by atoms with van der Waals surface area (Å²) in [6, 6.07) is 0. The van der Waals surface area contributed by atoms with Crippen molar-refractivity contribution in [1.82, 2.24) is 0 Å². The molecule has 0 unspecified atom stereocenters. The highest BCUT2D eigenvalue weighted by Crippen LogP contribution is 2.41. The Hall–Kier alpha value is -1.32. The van der Waals surface area contributed by atoms with Crippen LogP contribution in [0.5, 0.6) is 0 Å². The molecule has 89 heavy (non-hydrogen) atoms. The third-order valence-corrected chi connectivity index (χ3v) is 17.7. The van der Waals surface area contributed by atoms with Crippen LogP contribution in [-0.4, -0.2) is 49.9 Å². The molecular weight excluding hydrogens is 1100 g/mol. The van der Waals surface area contributed by atoms with Crippen LogP contribution < -0.4 is 0 Å². The fourth-order valence-corrected chi connectivity index (χ4v) is 11.8. The Morgan fingerprint density at radius 1 is 0.191 bits per heavy atom. The van der Waals surface area contributed by atoms with Crippen LogP contribution in [0.4, 0.5) is 0 Å².